The molecule has 0 aromatic carbocycles. The largest absolute Gasteiger partial charge is 0.327 e. The Kier molecular flexibility index (Phi) is 4.80. The van der Waals surface area contributed by atoms with Crippen LogP contribution in [-0.4, -0.2) is 6.04 Å². The molecule has 0 radical (unpaired) electrons. The van der Waals surface area contributed by atoms with Crippen molar-refractivity contribution in [3.63, 3.8) is 0 Å². The molecule has 2 unspecified atom stereocenters. The number of hydrogen-bond acceptors (Lipinski definition) is 2. The molecule has 0 saturated carbocycles. The molecular formula is C13H26N2. The minimum atomic E-state index is 0.0826. The summed E-state index contributed by atoms with van der Waals surface area (Å²) < 4.78 is 0. The Morgan fingerprint density at radius 2 is 1.60 bits per heavy atom. The van der Waals surface area contributed by atoms with Gasteiger partial charge in [0.15, 0.2) is 0 Å². The van der Waals surface area contributed by atoms with Gasteiger partial charge in [-0.1, -0.05) is 41.5 Å². The van der Waals surface area contributed by atoms with Crippen molar-refractivity contribution in [2.45, 2.75) is 60.4 Å². The van der Waals surface area contributed by atoms with E-state index in [1.165, 1.54) is 0 Å². The molecule has 0 aliphatic heterocycles. The molecule has 88 valence electrons. The smallest absolute Gasteiger partial charge is 0.0656 e. The van der Waals surface area contributed by atoms with E-state index in [9.17, 15) is 0 Å². The van der Waals surface area contributed by atoms with Crippen LogP contribution >= 0.6 is 0 Å². The Hall–Kier alpha value is -0.550. The van der Waals surface area contributed by atoms with E-state index >= 15 is 0 Å². The van der Waals surface area contributed by atoms with Gasteiger partial charge in [-0.2, -0.15) is 5.26 Å². The molecule has 0 aliphatic carbocycles. The summed E-state index contributed by atoms with van der Waals surface area (Å²) in [7, 11) is 0. The number of rotatable bonds is 3. The van der Waals surface area contributed by atoms with Crippen molar-refractivity contribution in [2.75, 3.05) is 0 Å². The first-order valence-electron chi connectivity index (χ1n) is 5.71. The molecule has 0 heterocycles. The molecule has 2 heteroatoms. The third-order valence-electron chi connectivity index (χ3n) is 2.69. The summed E-state index contributed by atoms with van der Waals surface area (Å²) in [5.41, 5.74) is 6.39. The standard InChI is InChI=1S/C13H26N2/c1-12(2,3)8-10(9-14)7-11(15)13(4,5)6/h10-11H,7-8,15H2,1-6H3. The van der Waals surface area contributed by atoms with Gasteiger partial charge in [0.2, 0.25) is 0 Å². The van der Waals surface area contributed by atoms with Gasteiger partial charge in [0.25, 0.3) is 0 Å². The van der Waals surface area contributed by atoms with Crippen LogP contribution in [0.5, 0.6) is 0 Å². The Morgan fingerprint density at radius 1 is 1.13 bits per heavy atom. The number of nitriles is 1. The summed E-state index contributed by atoms with van der Waals surface area (Å²) in [6.45, 7) is 12.9. The van der Waals surface area contributed by atoms with E-state index in [1.54, 1.807) is 0 Å². The highest BCUT2D eigenvalue weighted by Gasteiger charge is 2.26. The molecule has 0 spiro atoms. The van der Waals surface area contributed by atoms with E-state index in [-0.39, 0.29) is 22.8 Å². The Bertz CT molecular complexity index is 224. The third-order valence-corrected chi connectivity index (χ3v) is 2.69. The van der Waals surface area contributed by atoms with Crippen molar-refractivity contribution >= 4 is 0 Å². The second-order valence-corrected chi connectivity index (χ2v) is 6.80. The number of hydrogen-bond donors (Lipinski definition) is 1. The molecule has 0 saturated heterocycles. The molecule has 2 atom stereocenters. The zero-order valence-electron chi connectivity index (χ0n) is 11.1. The summed E-state index contributed by atoms with van der Waals surface area (Å²) in [6, 6.07) is 2.48. The predicted octanol–water partition coefficient (Wildman–Crippen LogP) is 3.33. The maximum absolute atomic E-state index is 9.10. The van der Waals surface area contributed by atoms with Crippen molar-refractivity contribution in [3.8, 4) is 6.07 Å². The van der Waals surface area contributed by atoms with E-state index in [0.29, 0.717) is 0 Å². The topological polar surface area (TPSA) is 49.8 Å². The molecule has 0 bridgehead atoms. The summed E-state index contributed by atoms with van der Waals surface area (Å²) in [6.07, 6.45) is 1.73. The summed E-state index contributed by atoms with van der Waals surface area (Å²) in [5.74, 6) is 0.0826. The van der Waals surface area contributed by atoms with Crippen LogP contribution in [0.4, 0.5) is 0 Å². The van der Waals surface area contributed by atoms with E-state index < -0.39 is 0 Å². The van der Waals surface area contributed by atoms with E-state index in [0.717, 1.165) is 12.8 Å². The molecular weight excluding hydrogens is 184 g/mol. The molecule has 15 heavy (non-hydrogen) atoms. The van der Waals surface area contributed by atoms with Gasteiger partial charge in [0, 0.05) is 12.0 Å². The average molecular weight is 210 g/mol. The fourth-order valence-corrected chi connectivity index (χ4v) is 1.58. The van der Waals surface area contributed by atoms with Crippen LogP contribution in [0.15, 0.2) is 0 Å². The summed E-state index contributed by atoms with van der Waals surface area (Å²) in [4.78, 5) is 0. The van der Waals surface area contributed by atoms with Crippen LogP contribution in [0.25, 0.3) is 0 Å². The number of nitrogens with zero attached hydrogens (tertiary/aromatic N) is 1. The van der Waals surface area contributed by atoms with Crippen LogP contribution in [-0.2, 0) is 0 Å². The molecule has 0 aromatic rings. The van der Waals surface area contributed by atoms with E-state index in [4.69, 9.17) is 11.0 Å². The first-order valence-corrected chi connectivity index (χ1v) is 5.71. The van der Waals surface area contributed by atoms with E-state index in [2.05, 4.69) is 47.6 Å². The fraction of sp³-hybridized carbons (Fsp3) is 0.923. The van der Waals surface area contributed by atoms with Gasteiger partial charge in [-0.3, -0.25) is 0 Å². The summed E-state index contributed by atoms with van der Waals surface area (Å²) >= 11 is 0. The van der Waals surface area contributed by atoms with Crippen LogP contribution in [0, 0.1) is 28.1 Å². The van der Waals surface area contributed by atoms with Gasteiger partial charge in [-0.25, -0.2) is 0 Å². The lowest BCUT2D eigenvalue weighted by Gasteiger charge is -2.30. The van der Waals surface area contributed by atoms with E-state index in [1.807, 2.05) is 0 Å². The highest BCUT2D eigenvalue weighted by Crippen LogP contribution is 2.30. The van der Waals surface area contributed by atoms with Crippen LogP contribution in [0.2, 0.25) is 0 Å². The average Bonchev–Trinajstić information content (AvgIpc) is 1.98. The van der Waals surface area contributed by atoms with Gasteiger partial charge < -0.3 is 5.73 Å². The van der Waals surface area contributed by atoms with Crippen molar-refractivity contribution in [3.05, 3.63) is 0 Å². The lowest BCUT2D eigenvalue weighted by atomic mass is 9.77. The second kappa shape index (κ2) is 4.99. The van der Waals surface area contributed by atoms with Gasteiger partial charge in [0.1, 0.15) is 0 Å². The van der Waals surface area contributed by atoms with Gasteiger partial charge in [-0.15, -0.1) is 0 Å². The maximum atomic E-state index is 9.10. The highest BCUT2D eigenvalue weighted by atomic mass is 14.7. The molecule has 0 amide bonds. The monoisotopic (exact) mass is 210 g/mol. The summed E-state index contributed by atoms with van der Waals surface area (Å²) in [5, 5.41) is 9.10. The Morgan fingerprint density at radius 3 is 1.87 bits per heavy atom. The lowest BCUT2D eigenvalue weighted by Crippen LogP contribution is -2.37. The zero-order chi connectivity index (χ0) is 12.3. The van der Waals surface area contributed by atoms with Crippen molar-refractivity contribution in [1.82, 2.24) is 0 Å². The van der Waals surface area contributed by atoms with Gasteiger partial charge in [0.05, 0.1) is 6.07 Å². The minimum Gasteiger partial charge on any atom is -0.327 e. The highest BCUT2D eigenvalue weighted by molar-refractivity contribution is 4.91. The minimum absolute atomic E-state index is 0.0826. The van der Waals surface area contributed by atoms with Crippen molar-refractivity contribution in [2.24, 2.45) is 22.5 Å². The first kappa shape index (κ1) is 14.5. The SMILES string of the molecule is CC(C)(C)CC(C#N)CC(N)C(C)(C)C. The molecule has 0 fully saturated rings. The Balaban J connectivity index is 4.31. The first-order chi connectivity index (χ1) is 6.56. The van der Waals surface area contributed by atoms with Crippen LogP contribution in [0.3, 0.4) is 0 Å². The molecule has 2 nitrogen and oxygen atoms in total. The van der Waals surface area contributed by atoms with Crippen molar-refractivity contribution < 1.29 is 0 Å². The normalized spacial score (nSPS) is 16.9. The molecule has 2 N–H and O–H groups in total. The molecule has 0 aromatic heterocycles. The maximum Gasteiger partial charge on any atom is 0.0656 e. The predicted molar refractivity (Wildman–Crippen MR) is 65.2 cm³/mol. The Labute approximate surface area is 94.9 Å². The quantitative estimate of drug-likeness (QED) is 0.776. The van der Waals surface area contributed by atoms with Crippen LogP contribution < -0.4 is 5.73 Å². The fourth-order valence-electron chi connectivity index (χ4n) is 1.58. The number of nitrogens with two attached hydrogens (primary N) is 1. The zero-order valence-corrected chi connectivity index (χ0v) is 11.1. The molecule has 0 rings (SSSR count). The second-order valence-electron chi connectivity index (χ2n) is 6.80. The van der Waals surface area contributed by atoms with Crippen LogP contribution in [0.1, 0.15) is 54.4 Å². The molecule has 0 aliphatic rings. The van der Waals surface area contributed by atoms with Gasteiger partial charge in [-0.05, 0) is 23.7 Å². The van der Waals surface area contributed by atoms with Crippen molar-refractivity contribution in [1.29, 1.82) is 5.26 Å². The lowest BCUT2D eigenvalue weighted by molar-refractivity contribution is 0.249. The van der Waals surface area contributed by atoms with Gasteiger partial charge >= 0.3 is 0 Å². The third kappa shape index (κ3) is 6.52.